The summed E-state index contributed by atoms with van der Waals surface area (Å²) in [6.07, 6.45) is 6.29. The Bertz CT molecular complexity index is 1710. The van der Waals surface area contributed by atoms with E-state index in [9.17, 15) is 14.4 Å². The molecular weight excluding hydrogens is 596 g/mol. The van der Waals surface area contributed by atoms with Gasteiger partial charge in [-0.1, -0.05) is 62.4 Å². The zero-order valence-electron chi connectivity index (χ0n) is 27.0. The van der Waals surface area contributed by atoms with Crippen molar-refractivity contribution in [1.29, 1.82) is 0 Å². The Balaban J connectivity index is 1.10. The minimum Gasteiger partial charge on any atom is -0.453 e. The SMILES string of the molecule is COC(=O)NC(C(=O)N1CCC[C@@H]1c1ncc(-c2ccc(-c3ccc(-c4cnc(CN5CCCC(N)C5=O)[nH]4)cc3)cc2)[nH]1)C(C)C. The molecule has 2 aliphatic heterocycles. The fourth-order valence-corrected chi connectivity index (χ4v) is 6.43. The third-order valence-corrected chi connectivity index (χ3v) is 9.10. The van der Waals surface area contributed by atoms with Gasteiger partial charge in [0.05, 0.1) is 49.5 Å². The molecule has 246 valence electrons. The van der Waals surface area contributed by atoms with Gasteiger partial charge < -0.3 is 35.6 Å². The number of carbonyl (C=O) groups excluding carboxylic acids is 3. The molecule has 4 aromatic rings. The van der Waals surface area contributed by atoms with E-state index in [-0.39, 0.29) is 23.8 Å². The highest BCUT2D eigenvalue weighted by atomic mass is 16.5. The normalized spacial score (nSPS) is 18.9. The van der Waals surface area contributed by atoms with E-state index in [0.717, 1.165) is 71.0 Å². The number of ether oxygens (including phenoxy) is 1. The highest BCUT2D eigenvalue weighted by Gasteiger charge is 2.37. The first-order chi connectivity index (χ1) is 22.7. The van der Waals surface area contributed by atoms with E-state index < -0.39 is 18.2 Å². The van der Waals surface area contributed by atoms with Crippen molar-refractivity contribution < 1.29 is 19.1 Å². The minimum atomic E-state index is -0.674. The zero-order valence-corrected chi connectivity index (χ0v) is 27.0. The number of nitrogens with one attached hydrogen (secondary N) is 3. The second-order valence-corrected chi connectivity index (χ2v) is 12.6. The molecule has 0 radical (unpaired) electrons. The van der Waals surface area contributed by atoms with Crippen molar-refractivity contribution in [2.24, 2.45) is 11.7 Å². The third-order valence-electron chi connectivity index (χ3n) is 9.10. The molecule has 2 unspecified atom stereocenters. The lowest BCUT2D eigenvalue weighted by Gasteiger charge is -2.30. The van der Waals surface area contributed by atoms with Gasteiger partial charge in [-0.05, 0) is 53.9 Å². The number of benzene rings is 2. The number of carbonyl (C=O) groups is 3. The molecule has 2 aromatic carbocycles. The van der Waals surface area contributed by atoms with Crippen LogP contribution in [0.1, 0.15) is 57.2 Å². The molecule has 3 amide bonds. The van der Waals surface area contributed by atoms with E-state index >= 15 is 0 Å². The lowest BCUT2D eigenvalue weighted by molar-refractivity contribution is -0.136. The number of alkyl carbamates (subject to hydrolysis) is 1. The average molecular weight is 639 g/mol. The van der Waals surface area contributed by atoms with Crippen LogP contribution in [0, 0.1) is 5.92 Å². The topological polar surface area (TPSA) is 162 Å². The molecule has 0 aliphatic carbocycles. The highest BCUT2D eigenvalue weighted by Crippen LogP contribution is 2.33. The van der Waals surface area contributed by atoms with Crippen LogP contribution in [-0.2, 0) is 20.9 Å². The van der Waals surface area contributed by atoms with Gasteiger partial charge >= 0.3 is 6.09 Å². The van der Waals surface area contributed by atoms with Gasteiger partial charge in [0, 0.05) is 13.1 Å². The number of likely N-dealkylation sites (tertiary alicyclic amines) is 2. The van der Waals surface area contributed by atoms with Crippen LogP contribution in [-0.4, -0.2) is 79.9 Å². The maximum atomic E-state index is 13.5. The van der Waals surface area contributed by atoms with Crippen LogP contribution in [0.2, 0.25) is 0 Å². The molecule has 3 atom stereocenters. The van der Waals surface area contributed by atoms with Crippen LogP contribution in [0.15, 0.2) is 60.9 Å². The van der Waals surface area contributed by atoms with Crippen molar-refractivity contribution in [3.8, 4) is 33.6 Å². The molecule has 0 saturated carbocycles. The van der Waals surface area contributed by atoms with Crippen molar-refractivity contribution in [3.05, 3.63) is 72.6 Å². The van der Waals surface area contributed by atoms with Gasteiger partial charge in [-0.15, -0.1) is 0 Å². The van der Waals surface area contributed by atoms with Gasteiger partial charge in [0.1, 0.15) is 17.7 Å². The number of piperidine rings is 1. The molecule has 12 nitrogen and oxygen atoms in total. The van der Waals surface area contributed by atoms with Crippen LogP contribution >= 0.6 is 0 Å². The summed E-state index contributed by atoms with van der Waals surface area (Å²) in [7, 11) is 1.29. The lowest BCUT2D eigenvalue weighted by atomic mass is 10.0. The molecule has 2 fully saturated rings. The zero-order chi connectivity index (χ0) is 33.1. The molecule has 0 bridgehead atoms. The smallest absolute Gasteiger partial charge is 0.407 e. The Hall–Kier alpha value is -4.97. The second-order valence-electron chi connectivity index (χ2n) is 12.6. The van der Waals surface area contributed by atoms with E-state index in [1.165, 1.54) is 7.11 Å². The summed E-state index contributed by atoms with van der Waals surface area (Å²) in [6, 6.07) is 15.3. The summed E-state index contributed by atoms with van der Waals surface area (Å²) in [4.78, 5) is 57.2. The maximum absolute atomic E-state index is 13.5. The lowest BCUT2D eigenvalue weighted by Crippen LogP contribution is -2.51. The third kappa shape index (κ3) is 6.92. The molecule has 2 aromatic heterocycles. The largest absolute Gasteiger partial charge is 0.453 e. The summed E-state index contributed by atoms with van der Waals surface area (Å²) in [5.74, 6) is 1.24. The van der Waals surface area contributed by atoms with E-state index in [1.807, 2.05) is 18.7 Å². The van der Waals surface area contributed by atoms with Crippen molar-refractivity contribution in [2.75, 3.05) is 20.2 Å². The Kier molecular flexibility index (Phi) is 9.39. The van der Waals surface area contributed by atoms with Crippen molar-refractivity contribution in [3.63, 3.8) is 0 Å². The maximum Gasteiger partial charge on any atom is 0.407 e. The highest BCUT2D eigenvalue weighted by molar-refractivity contribution is 5.86. The monoisotopic (exact) mass is 638 g/mol. The molecule has 12 heteroatoms. The predicted octanol–water partition coefficient (Wildman–Crippen LogP) is 4.63. The fraction of sp³-hybridized carbons (Fsp3) is 0.400. The number of methoxy groups -OCH3 is 1. The van der Waals surface area contributed by atoms with Gasteiger partial charge in [0.15, 0.2) is 0 Å². The number of rotatable bonds is 9. The van der Waals surface area contributed by atoms with E-state index in [1.54, 1.807) is 17.3 Å². The molecular formula is C35H42N8O4. The number of H-pyrrole nitrogens is 2. The summed E-state index contributed by atoms with van der Waals surface area (Å²) < 4.78 is 4.74. The fourth-order valence-electron chi connectivity index (χ4n) is 6.43. The molecule has 2 saturated heterocycles. The number of imidazole rings is 2. The Morgan fingerprint density at radius 1 is 0.915 bits per heavy atom. The summed E-state index contributed by atoms with van der Waals surface area (Å²) in [5.41, 5.74) is 11.9. The molecule has 4 heterocycles. The molecule has 6 rings (SSSR count). The number of hydrogen-bond donors (Lipinski definition) is 4. The summed E-state index contributed by atoms with van der Waals surface area (Å²) in [5, 5.41) is 2.69. The Labute approximate surface area is 274 Å². The van der Waals surface area contributed by atoms with Crippen LogP contribution in [0.4, 0.5) is 4.79 Å². The van der Waals surface area contributed by atoms with Crippen LogP contribution in [0.3, 0.4) is 0 Å². The number of nitrogens with two attached hydrogens (primary N) is 1. The van der Waals surface area contributed by atoms with E-state index in [2.05, 4.69) is 73.8 Å². The Morgan fingerprint density at radius 2 is 1.51 bits per heavy atom. The average Bonchev–Trinajstić information content (AvgIpc) is 3.87. The van der Waals surface area contributed by atoms with Gasteiger partial charge in [-0.2, -0.15) is 0 Å². The van der Waals surface area contributed by atoms with Gasteiger partial charge in [0.2, 0.25) is 11.8 Å². The van der Waals surface area contributed by atoms with Crippen LogP contribution in [0.5, 0.6) is 0 Å². The molecule has 5 N–H and O–H groups in total. The van der Waals surface area contributed by atoms with Gasteiger partial charge in [-0.25, -0.2) is 14.8 Å². The molecule has 0 spiro atoms. The molecule has 47 heavy (non-hydrogen) atoms. The number of nitrogens with zero attached hydrogens (tertiary/aromatic N) is 4. The van der Waals surface area contributed by atoms with Crippen molar-refractivity contribution in [1.82, 2.24) is 35.1 Å². The minimum absolute atomic E-state index is 0.0175. The number of amides is 3. The first kappa shape index (κ1) is 32.0. The Morgan fingerprint density at radius 3 is 2.15 bits per heavy atom. The first-order valence-corrected chi connectivity index (χ1v) is 16.2. The first-order valence-electron chi connectivity index (χ1n) is 16.2. The van der Waals surface area contributed by atoms with Crippen molar-refractivity contribution >= 4 is 17.9 Å². The summed E-state index contributed by atoms with van der Waals surface area (Å²) >= 11 is 0. The van der Waals surface area contributed by atoms with Gasteiger partial charge in [0.25, 0.3) is 0 Å². The van der Waals surface area contributed by atoms with Crippen LogP contribution < -0.4 is 11.1 Å². The molecule has 2 aliphatic rings. The number of hydrogen-bond acceptors (Lipinski definition) is 7. The van der Waals surface area contributed by atoms with E-state index in [4.69, 9.17) is 10.5 Å². The van der Waals surface area contributed by atoms with Crippen LogP contribution in [0.25, 0.3) is 33.6 Å². The quantitative estimate of drug-likeness (QED) is 0.208. The number of aromatic amines is 2. The van der Waals surface area contributed by atoms with Gasteiger partial charge in [-0.3, -0.25) is 9.59 Å². The van der Waals surface area contributed by atoms with Crippen molar-refractivity contribution in [2.45, 2.75) is 64.2 Å². The number of aromatic nitrogens is 4. The second kappa shape index (κ2) is 13.8. The van der Waals surface area contributed by atoms with E-state index in [0.29, 0.717) is 19.6 Å². The standard InChI is InChI=1S/C35H42N8O4/c1-21(2)31(41-35(46)47-3)34(45)43-17-5-7-29(43)32-38-19-28(40-32)25-14-10-23(11-15-25)22-8-12-24(13-9-22)27-18-37-30(39-27)20-42-16-4-6-26(36)33(42)44/h8-15,18-19,21,26,29,31H,4-7,16-17,20,36H2,1-3H3,(H,37,39)(H,38,40)(H,41,46)/t26?,29-,31?/m1/s1. The summed E-state index contributed by atoms with van der Waals surface area (Å²) in [6.45, 7) is 5.55. The predicted molar refractivity (Wildman–Crippen MR) is 178 cm³/mol.